The number of ether oxygens (including phenoxy) is 2. The van der Waals surface area contributed by atoms with E-state index in [0.29, 0.717) is 31.3 Å². The van der Waals surface area contributed by atoms with Gasteiger partial charge in [0.25, 0.3) is 0 Å². The van der Waals surface area contributed by atoms with Crippen molar-refractivity contribution >= 4 is 85.4 Å². The number of carbonyl (C=O) groups is 3. The number of nitrogens with one attached hydrogen (secondary N) is 3. The van der Waals surface area contributed by atoms with Crippen LogP contribution in [0, 0.1) is 17.8 Å². The molecule has 4 aromatic rings. The smallest absolute Gasteiger partial charge is 0.407 e. The number of amides is 3. The Morgan fingerprint density at radius 3 is 1.75 bits per heavy atom. The molecule has 0 saturated carbocycles. The molecular weight excluding hydrogens is 843 g/mol. The lowest BCUT2D eigenvalue weighted by molar-refractivity contribution is -0.137. The standard InChI is InChI=1S/C42H53N7O5.5H2S/c1-25(2)27(5)39(50)48-19-7-9-34(48)37-43-22-32(45-37)30-14-10-28(11-15-30)29-12-16-31(17-13-29)33-23-44-38(46-33)35-21-42(18-8-20-54-42)24-49(35)40(51)36(26(3)4)47-41(52)53-6;;;;;/h10-17,22-23,25-27,34-36H,7-9,18-21,24H2,1-6H3,(H,43,45)(H,44,46)(H,47,52);5*1H2/t27-,34-,35-,36-,42-;;;;;/m0...../s1. The fourth-order valence-corrected chi connectivity index (χ4v) is 8.19. The molecule has 3 N–H and O–H groups in total. The summed E-state index contributed by atoms with van der Waals surface area (Å²) in [6, 6.07) is 15.7. The minimum Gasteiger partial charge on any atom is -0.453 e. The van der Waals surface area contributed by atoms with Crippen molar-refractivity contribution in [3.8, 4) is 33.6 Å². The first-order chi connectivity index (χ1) is 26.0. The Morgan fingerprint density at radius 2 is 1.27 bits per heavy atom. The van der Waals surface area contributed by atoms with Gasteiger partial charge in [-0.25, -0.2) is 14.8 Å². The quantitative estimate of drug-likeness (QED) is 0.147. The van der Waals surface area contributed by atoms with Crippen molar-refractivity contribution in [2.45, 2.75) is 90.4 Å². The highest BCUT2D eigenvalue weighted by atomic mass is 32.1. The molecule has 3 saturated heterocycles. The second kappa shape index (κ2) is 22.0. The van der Waals surface area contributed by atoms with Gasteiger partial charge >= 0.3 is 6.09 Å². The fourth-order valence-electron chi connectivity index (χ4n) is 8.19. The van der Waals surface area contributed by atoms with E-state index in [1.807, 2.05) is 43.0 Å². The second-order valence-electron chi connectivity index (χ2n) is 15.9. The van der Waals surface area contributed by atoms with Gasteiger partial charge in [-0.1, -0.05) is 83.1 Å². The zero-order chi connectivity index (χ0) is 38.1. The molecule has 0 unspecified atom stereocenters. The van der Waals surface area contributed by atoms with Crippen molar-refractivity contribution in [3.63, 3.8) is 0 Å². The predicted octanol–water partition coefficient (Wildman–Crippen LogP) is 7.86. The Bertz CT molecular complexity index is 1970. The summed E-state index contributed by atoms with van der Waals surface area (Å²) in [4.78, 5) is 59.6. The molecule has 0 aliphatic carbocycles. The number of alkyl carbamates (subject to hydrolysis) is 1. The Labute approximate surface area is 383 Å². The minimum atomic E-state index is -0.734. The third-order valence-electron chi connectivity index (χ3n) is 11.7. The van der Waals surface area contributed by atoms with Crippen LogP contribution in [-0.2, 0) is 19.1 Å². The van der Waals surface area contributed by atoms with E-state index in [1.54, 1.807) is 0 Å². The van der Waals surface area contributed by atoms with Crippen molar-refractivity contribution in [2.75, 3.05) is 26.8 Å². The molecule has 3 amide bonds. The molecular formula is C42H63N7O5S5. The summed E-state index contributed by atoms with van der Waals surface area (Å²) in [5, 5.41) is 2.74. The lowest BCUT2D eigenvalue weighted by atomic mass is 9.96. The summed E-state index contributed by atoms with van der Waals surface area (Å²) >= 11 is 0. The topological polar surface area (TPSA) is 146 Å². The van der Waals surface area contributed by atoms with Crippen LogP contribution in [0.1, 0.15) is 90.5 Å². The zero-order valence-corrected chi connectivity index (χ0v) is 39.7. The first kappa shape index (κ1) is 51.9. The Balaban J connectivity index is 0.00000240. The summed E-state index contributed by atoms with van der Waals surface area (Å²) in [5.41, 5.74) is 5.57. The van der Waals surface area contributed by atoms with Crippen molar-refractivity contribution < 1.29 is 23.9 Å². The van der Waals surface area contributed by atoms with Gasteiger partial charge in [0.05, 0.1) is 55.1 Å². The molecule has 59 heavy (non-hydrogen) atoms. The molecule has 17 heteroatoms. The van der Waals surface area contributed by atoms with Gasteiger partial charge in [-0.15, -0.1) is 0 Å². The number of aromatic nitrogens is 4. The summed E-state index contributed by atoms with van der Waals surface area (Å²) in [6.07, 6.45) is 7.43. The van der Waals surface area contributed by atoms with Gasteiger partial charge in [0.1, 0.15) is 17.7 Å². The Morgan fingerprint density at radius 1 is 0.746 bits per heavy atom. The number of benzene rings is 2. The minimum absolute atomic E-state index is 0. The van der Waals surface area contributed by atoms with Crippen LogP contribution in [0.5, 0.6) is 0 Å². The van der Waals surface area contributed by atoms with Crippen molar-refractivity contribution in [2.24, 2.45) is 17.8 Å². The van der Waals surface area contributed by atoms with Gasteiger partial charge in [-0.3, -0.25) is 9.59 Å². The summed E-state index contributed by atoms with van der Waals surface area (Å²) < 4.78 is 11.1. The van der Waals surface area contributed by atoms with E-state index < -0.39 is 17.7 Å². The van der Waals surface area contributed by atoms with Crippen LogP contribution >= 0.6 is 67.5 Å². The average molecular weight is 906 g/mol. The maximum atomic E-state index is 14.0. The predicted molar refractivity (Wildman–Crippen MR) is 258 cm³/mol. The molecule has 3 aliphatic heterocycles. The van der Waals surface area contributed by atoms with Gasteiger partial charge in [0.15, 0.2) is 0 Å². The zero-order valence-electron chi connectivity index (χ0n) is 34.7. The van der Waals surface area contributed by atoms with Gasteiger partial charge in [0.2, 0.25) is 11.8 Å². The lowest BCUT2D eigenvalue weighted by Gasteiger charge is -2.30. The molecule has 12 nitrogen and oxygen atoms in total. The molecule has 5 atom stereocenters. The highest BCUT2D eigenvalue weighted by molar-refractivity contribution is 7.60. The molecule has 1 spiro atoms. The molecule has 2 aromatic carbocycles. The SMILES string of the molecule is COC(=O)N[C@H](C(=O)N1C[C@]2(CCCO2)C[C@H]1c1ncc(-c2ccc(-c3ccc(-c4cnc([C@@H]5CCCN5C(=O)[C@@H](C)C(C)C)[nH]4)cc3)cc2)[nH]1)C(C)C.S.S.S.S.S. The third-order valence-corrected chi connectivity index (χ3v) is 11.7. The number of likely N-dealkylation sites (tertiary alicyclic amines) is 2. The highest BCUT2D eigenvalue weighted by Gasteiger charge is 2.51. The third kappa shape index (κ3) is 11.0. The van der Waals surface area contributed by atoms with Crippen LogP contribution in [0.3, 0.4) is 0 Å². The monoisotopic (exact) mass is 905 g/mol. The number of methoxy groups -OCH3 is 1. The van der Waals surface area contributed by atoms with E-state index in [1.165, 1.54) is 7.11 Å². The molecule has 2 aromatic heterocycles. The maximum absolute atomic E-state index is 14.0. The number of rotatable bonds is 10. The Kier molecular flexibility index (Phi) is 19.4. The normalized spacial score (nSPS) is 20.5. The number of aromatic amines is 2. The summed E-state index contributed by atoms with van der Waals surface area (Å²) in [5.74, 6) is 1.74. The van der Waals surface area contributed by atoms with Crippen molar-refractivity contribution in [1.29, 1.82) is 0 Å². The van der Waals surface area contributed by atoms with Crippen molar-refractivity contribution in [1.82, 2.24) is 35.1 Å². The van der Waals surface area contributed by atoms with E-state index in [-0.39, 0.29) is 103 Å². The number of imidazole rings is 2. The summed E-state index contributed by atoms with van der Waals surface area (Å²) in [7, 11) is 1.30. The van der Waals surface area contributed by atoms with Gasteiger partial charge < -0.3 is 34.6 Å². The average Bonchev–Trinajstić information content (AvgIpc) is 4.03. The molecule has 0 radical (unpaired) electrons. The van der Waals surface area contributed by atoms with Crippen LogP contribution in [-0.4, -0.2) is 86.1 Å². The van der Waals surface area contributed by atoms with Crippen LogP contribution < -0.4 is 5.32 Å². The molecule has 0 bridgehead atoms. The number of H-pyrrole nitrogens is 2. The highest BCUT2D eigenvalue weighted by Crippen LogP contribution is 2.45. The lowest BCUT2D eigenvalue weighted by Crippen LogP contribution is -2.51. The largest absolute Gasteiger partial charge is 0.453 e. The molecule has 326 valence electrons. The number of nitrogens with zero attached hydrogens (tertiary/aromatic N) is 4. The number of hydrogen-bond donors (Lipinski definition) is 3. The first-order valence-electron chi connectivity index (χ1n) is 19.4. The van der Waals surface area contributed by atoms with Crippen LogP contribution in [0.25, 0.3) is 33.6 Å². The molecule has 3 aliphatic rings. The van der Waals surface area contributed by atoms with Gasteiger partial charge in [-0.2, -0.15) is 67.5 Å². The molecule has 3 fully saturated rings. The second-order valence-corrected chi connectivity index (χ2v) is 15.9. The van der Waals surface area contributed by atoms with Crippen molar-refractivity contribution in [3.05, 3.63) is 72.6 Å². The van der Waals surface area contributed by atoms with Crippen LogP contribution in [0.15, 0.2) is 60.9 Å². The van der Waals surface area contributed by atoms with Gasteiger partial charge in [0, 0.05) is 25.5 Å². The number of hydrogen-bond acceptors (Lipinski definition) is 7. The van der Waals surface area contributed by atoms with E-state index in [2.05, 4.69) is 77.7 Å². The maximum Gasteiger partial charge on any atom is 0.407 e. The van der Waals surface area contributed by atoms with E-state index in [9.17, 15) is 14.4 Å². The first-order valence-corrected chi connectivity index (χ1v) is 19.4. The molecule has 5 heterocycles. The van der Waals surface area contributed by atoms with Crippen LogP contribution in [0.4, 0.5) is 4.79 Å². The summed E-state index contributed by atoms with van der Waals surface area (Å²) in [6.45, 7) is 11.9. The van der Waals surface area contributed by atoms with E-state index in [4.69, 9.17) is 19.4 Å². The Hall–Kier alpha value is -3.22. The van der Waals surface area contributed by atoms with Crippen LogP contribution in [0.2, 0.25) is 0 Å². The number of carbonyl (C=O) groups excluding carboxylic acids is 3. The molecule has 7 rings (SSSR count). The van der Waals surface area contributed by atoms with E-state index in [0.717, 1.165) is 71.7 Å². The fraction of sp³-hybridized carbons (Fsp3) is 0.500. The van der Waals surface area contributed by atoms with E-state index >= 15 is 0 Å². The van der Waals surface area contributed by atoms with Gasteiger partial charge in [-0.05, 0) is 59.8 Å².